The summed E-state index contributed by atoms with van der Waals surface area (Å²) in [6, 6.07) is 15.3. The summed E-state index contributed by atoms with van der Waals surface area (Å²) < 4.78 is 12.3. The van der Waals surface area contributed by atoms with Crippen LogP contribution in [0.1, 0.15) is 18.9 Å². The minimum absolute atomic E-state index is 0.370. The van der Waals surface area contributed by atoms with E-state index in [-0.39, 0.29) is 0 Å². The van der Waals surface area contributed by atoms with Gasteiger partial charge in [-0.25, -0.2) is 4.79 Å². The van der Waals surface area contributed by atoms with Crippen molar-refractivity contribution in [1.29, 1.82) is 5.26 Å². The monoisotopic (exact) mass is 363 g/mol. The summed E-state index contributed by atoms with van der Waals surface area (Å²) in [7, 11) is 3.52. The highest BCUT2D eigenvalue weighted by atomic mass is 16.5. The molecule has 0 atom stereocenters. The first-order valence-electron chi connectivity index (χ1n) is 8.69. The lowest BCUT2D eigenvalue weighted by Crippen LogP contribution is -2.14. The molecule has 0 aliphatic rings. The average molecular weight is 363 g/mol. The highest BCUT2D eigenvalue weighted by Gasteiger charge is 2.17. The third kappa shape index (κ3) is 3.58. The largest absolute Gasteiger partial charge is 0.497 e. The van der Waals surface area contributed by atoms with E-state index >= 15 is 0 Å². The summed E-state index contributed by atoms with van der Waals surface area (Å²) in [6.07, 6.45) is 0.273. The van der Waals surface area contributed by atoms with E-state index in [9.17, 15) is 10.1 Å². The van der Waals surface area contributed by atoms with Gasteiger partial charge in [0.05, 0.1) is 30.5 Å². The maximum absolute atomic E-state index is 11.8. The summed E-state index contributed by atoms with van der Waals surface area (Å²) >= 11 is 0. The van der Waals surface area contributed by atoms with Crippen LogP contribution in [0.25, 0.3) is 22.2 Å². The zero-order valence-corrected chi connectivity index (χ0v) is 15.6. The van der Waals surface area contributed by atoms with E-state index in [2.05, 4.69) is 11.4 Å². The normalized spacial score (nSPS) is 10.4. The second-order valence-corrected chi connectivity index (χ2v) is 6.12. The molecule has 1 aromatic heterocycles. The smallest absolute Gasteiger partial charge is 0.411 e. The second kappa shape index (κ2) is 7.83. The summed E-state index contributed by atoms with van der Waals surface area (Å²) in [5.74, 6) is 0.730. The van der Waals surface area contributed by atoms with Crippen molar-refractivity contribution in [3.63, 3.8) is 0 Å². The lowest BCUT2D eigenvalue weighted by atomic mass is 10.1. The molecule has 3 rings (SSSR count). The molecule has 0 saturated heterocycles. The molecule has 1 N–H and O–H groups in total. The number of aryl methyl sites for hydroxylation is 1. The van der Waals surface area contributed by atoms with Crippen molar-refractivity contribution in [2.45, 2.75) is 13.3 Å². The number of nitriles is 1. The molecule has 0 aliphatic heterocycles. The number of rotatable bonds is 5. The van der Waals surface area contributed by atoms with E-state index in [1.54, 1.807) is 13.2 Å². The van der Waals surface area contributed by atoms with Gasteiger partial charge in [-0.3, -0.25) is 5.32 Å². The number of methoxy groups -OCH3 is 1. The molecule has 0 radical (unpaired) electrons. The lowest BCUT2D eigenvalue weighted by Gasteiger charge is -2.09. The number of fused-ring (bicyclic) bond motifs is 1. The fourth-order valence-corrected chi connectivity index (χ4v) is 3.09. The number of aromatic nitrogens is 1. The molecule has 0 fully saturated rings. The highest BCUT2D eigenvalue weighted by Crippen LogP contribution is 2.35. The Morgan fingerprint density at radius 1 is 1.26 bits per heavy atom. The SMILES string of the molecule is CCCOC(=O)Nc1cccc(-c2c(C#N)c3ccc(OC)cc3n2C)c1. The summed E-state index contributed by atoms with van der Waals surface area (Å²) in [6.45, 7) is 2.31. The van der Waals surface area contributed by atoms with Crippen LogP contribution >= 0.6 is 0 Å². The van der Waals surface area contributed by atoms with Crippen LogP contribution in [0.4, 0.5) is 10.5 Å². The average Bonchev–Trinajstić information content (AvgIpc) is 2.97. The van der Waals surface area contributed by atoms with Crippen molar-refractivity contribution in [2.75, 3.05) is 19.0 Å². The van der Waals surface area contributed by atoms with Gasteiger partial charge in [0.15, 0.2) is 0 Å². The Kier molecular flexibility index (Phi) is 5.32. The zero-order chi connectivity index (χ0) is 19.4. The van der Waals surface area contributed by atoms with E-state index in [1.807, 2.05) is 54.9 Å². The van der Waals surface area contributed by atoms with Crippen molar-refractivity contribution in [2.24, 2.45) is 7.05 Å². The van der Waals surface area contributed by atoms with Gasteiger partial charge in [-0.2, -0.15) is 5.26 Å². The van der Waals surface area contributed by atoms with Gasteiger partial charge in [0.2, 0.25) is 0 Å². The summed E-state index contributed by atoms with van der Waals surface area (Å²) in [4.78, 5) is 11.8. The number of benzene rings is 2. The Morgan fingerprint density at radius 2 is 2.07 bits per heavy atom. The molecular formula is C21H21N3O3. The first kappa shape index (κ1) is 18.3. The minimum atomic E-state index is -0.490. The maximum Gasteiger partial charge on any atom is 0.411 e. The van der Waals surface area contributed by atoms with Crippen molar-refractivity contribution in [3.05, 3.63) is 48.0 Å². The Labute approximate surface area is 157 Å². The van der Waals surface area contributed by atoms with E-state index in [0.29, 0.717) is 17.9 Å². The van der Waals surface area contributed by atoms with Crippen LogP contribution in [-0.2, 0) is 11.8 Å². The number of carbonyl (C=O) groups excluding carboxylic acids is 1. The maximum atomic E-state index is 11.8. The van der Waals surface area contributed by atoms with E-state index in [1.165, 1.54) is 0 Å². The third-order valence-electron chi connectivity index (χ3n) is 4.34. The molecule has 0 bridgehead atoms. The molecule has 2 aromatic carbocycles. The summed E-state index contributed by atoms with van der Waals surface area (Å²) in [5.41, 5.74) is 3.71. The number of hydrogen-bond donors (Lipinski definition) is 1. The van der Waals surface area contributed by atoms with Crippen molar-refractivity contribution in [1.82, 2.24) is 4.57 Å². The van der Waals surface area contributed by atoms with Gasteiger partial charge in [-0.15, -0.1) is 0 Å². The van der Waals surface area contributed by atoms with E-state index in [4.69, 9.17) is 9.47 Å². The molecule has 1 amide bonds. The lowest BCUT2D eigenvalue weighted by molar-refractivity contribution is 0.161. The first-order valence-corrected chi connectivity index (χ1v) is 8.69. The van der Waals surface area contributed by atoms with Gasteiger partial charge in [-0.05, 0) is 30.7 Å². The Morgan fingerprint density at radius 3 is 2.78 bits per heavy atom. The first-order chi connectivity index (χ1) is 13.1. The van der Waals surface area contributed by atoms with Crippen LogP contribution in [0.3, 0.4) is 0 Å². The van der Waals surface area contributed by atoms with Gasteiger partial charge >= 0.3 is 6.09 Å². The number of anilines is 1. The number of nitrogens with one attached hydrogen (secondary N) is 1. The fraction of sp³-hybridized carbons (Fsp3) is 0.238. The molecule has 1 heterocycles. The van der Waals surface area contributed by atoms with Crippen LogP contribution in [-0.4, -0.2) is 24.4 Å². The Hall–Kier alpha value is -3.46. The van der Waals surface area contributed by atoms with Crippen molar-refractivity contribution >= 4 is 22.7 Å². The van der Waals surface area contributed by atoms with E-state index in [0.717, 1.165) is 34.3 Å². The standard InChI is InChI=1S/C21H21N3O3/c1-4-10-27-21(25)23-15-7-5-6-14(11-15)20-18(13-22)17-9-8-16(26-3)12-19(17)24(20)2/h5-9,11-12H,4,10H2,1-3H3,(H,23,25). The predicted molar refractivity (Wildman–Crippen MR) is 105 cm³/mol. The van der Waals surface area contributed by atoms with Crippen LogP contribution in [0.2, 0.25) is 0 Å². The number of hydrogen-bond acceptors (Lipinski definition) is 4. The van der Waals surface area contributed by atoms with Crippen molar-refractivity contribution < 1.29 is 14.3 Å². The molecule has 6 nitrogen and oxygen atoms in total. The third-order valence-corrected chi connectivity index (χ3v) is 4.34. The summed E-state index contributed by atoms with van der Waals surface area (Å²) in [5, 5.41) is 13.3. The molecule has 0 unspecified atom stereocenters. The molecule has 0 spiro atoms. The van der Waals surface area contributed by atoms with Crippen molar-refractivity contribution in [3.8, 4) is 23.1 Å². The zero-order valence-electron chi connectivity index (χ0n) is 15.6. The van der Waals surface area contributed by atoms with Crippen LogP contribution < -0.4 is 10.1 Å². The number of nitrogens with zero attached hydrogens (tertiary/aromatic N) is 2. The minimum Gasteiger partial charge on any atom is -0.497 e. The number of ether oxygens (including phenoxy) is 2. The molecule has 6 heteroatoms. The molecule has 3 aromatic rings. The topological polar surface area (TPSA) is 76.3 Å². The van der Waals surface area contributed by atoms with Gasteiger partial charge in [0, 0.05) is 29.8 Å². The Bertz CT molecular complexity index is 1030. The molecular weight excluding hydrogens is 342 g/mol. The second-order valence-electron chi connectivity index (χ2n) is 6.12. The highest BCUT2D eigenvalue weighted by molar-refractivity contribution is 5.96. The van der Waals surface area contributed by atoms with Gasteiger partial charge in [0.25, 0.3) is 0 Å². The van der Waals surface area contributed by atoms with Gasteiger partial charge in [-0.1, -0.05) is 19.1 Å². The molecule has 0 aliphatic carbocycles. The van der Waals surface area contributed by atoms with Gasteiger partial charge < -0.3 is 14.0 Å². The van der Waals surface area contributed by atoms with Crippen LogP contribution in [0.15, 0.2) is 42.5 Å². The van der Waals surface area contributed by atoms with E-state index < -0.39 is 6.09 Å². The number of amides is 1. The Balaban J connectivity index is 2.05. The fourth-order valence-electron chi connectivity index (χ4n) is 3.09. The predicted octanol–water partition coefficient (Wildman–Crippen LogP) is 4.68. The molecule has 0 saturated carbocycles. The molecule has 27 heavy (non-hydrogen) atoms. The number of carbonyl (C=O) groups is 1. The van der Waals surface area contributed by atoms with Gasteiger partial charge in [0.1, 0.15) is 11.8 Å². The van der Waals surface area contributed by atoms with Crippen LogP contribution in [0, 0.1) is 11.3 Å². The molecule has 138 valence electrons. The quantitative estimate of drug-likeness (QED) is 0.714. The van der Waals surface area contributed by atoms with Crippen LogP contribution in [0.5, 0.6) is 5.75 Å².